The third-order valence-corrected chi connectivity index (χ3v) is 6.70. The highest BCUT2D eigenvalue weighted by molar-refractivity contribution is 7.99. The molecule has 5 nitrogen and oxygen atoms in total. The molecule has 34 heavy (non-hydrogen) atoms. The summed E-state index contributed by atoms with van der Waals surface area (Å²) < 4.78 is 44.6. The monoisotopic (exact) mass is 506 g/mol. The number of nitrogens with one attached hydrogen (secondary N) is 1. The van der Waals surface area contributed by atoms with Crippen LogP contribution in [0.4, 0.5) is 13.2 Å². The second-order valence-electron chi connectivity index (χ2n) is 7.50. The SMILES string of the molecule is Cc1cc(SC(c2ccc(C(F)(F)F)cc2)c2[nH]nc3cccc(Cl)c23)ccc1OCC(=O)O. The number of hydrogen-bond donors (Lipinski definition) is 2. The van der Waals surface area contributed by atoms with E-state index < -0.39 is 29.6 Å². The number of hydrogen-bond acceptors (Lipinski definition) is 4. The molecule has 3 aromatic carbocycles. The van der Waals surface area contributed by atoms with Gasteiger partial charge in [-0.05, 0) is 60.5 Å². The Morgan fingerprint density at radius 2 is 1.91 bits per heavy atom. The summed E-state index contributed by atoms with van der Waals surface area (Å²) >= 11 is 7.85. The summed E-state index contributed by atoms with van der Waals surface area (Å²) in [5.74, 6) is -0.643. The van der Waals surface area contributed by atoms with Crippen molar-refractivity contribution in [2.75, 3.05) is 6.61 Å². The second-order valence-corrected chi connectivity index (χ2v) is 9.08. The number of aromatic amines is 1. The molecule has 0 amide bonds. The summed E-state index contributed by atoms with van der Waals surface area (Å²) in [6, 6.07) is 15.6. The maximum atomic E-state index is 13.1. The molecule has 0 fully saturated rings. The first kappa shape index (κ1) is 24.0. The van der Waals surface area contributed by atoms with Crippen LogP contribution < -0.4 is 4.74 Å². The largest absolute Gasteiger partial charge is 0.482 e. The molecule has 0 aliphatic carbocycles. The Hall–Kier alpha value is -3.17. The summed E-state index contributed by atoms with van der Waals surface area (Å²) in [5.41, 5.74) is 1.93. The van der Waals surface area contributed by atoms with E-state index in [2.05, 4.69) is 10.2 Å². The van der Waals surface area contributed by atoms with Crippen molar-refractivity contribution in [2.24, 2.45) is 0 Å². The van der Waals surface area contributed by atoms with Gasteiger partial charge in [0.25, 0.3) is 0 Å². The van der Waals surface area contributed by atoms with E-state index in [-0.39, 0.29) is 0 Å². The molecule has 176 valence electrons. The molecule has 4 rings (SSSR count). The lowest BCUT2D eigenvalue weighted by molar-refractivity contribution is -0.139. The Morgan fingerprint density at radius 3 is 2.56 bits per heavy atom. The number of H-pyrrole nitrogens is 1. The molecule has 0 aliphatic rings. The first-order valence-electron chi connectivity index (χ1n) is 10.0. The van der Waals surface area contributed by atoms with Gasteiger partial charge in [-0.1, -0.05) is 29.8 Å². The zero-order valence-corrected chi connectivity index (χ0v) is 19.3. The van der Waals surface area contributed by atoms with Crippen LogP contribution in [0.2, 0.25) is 5.02 Å². The molecule has 4 aromatic rings. The van der Waals surface area contributed by atoms with Gasteiger partial charge in [-0.2, -0.15) is 18.3 Å². The minimum Gasteiger partial charge on any atom is -0.482 e. The van der Waals surface area contributed by atoms with Gasteiger partial charge in [0.05, 0.1) is 27.0 Å². The standard InChI is InChI=1S/C24H18ClF3N2O3S/c1-13-11-16(9-10-19(13)33-12-20(31)32)34-23(14-5-7-15(8-6-14)24(26,27)28)22-21-17(25)3-2-4-18(21)29-30-22/h2-11,23H,12H2,1H3,(H,29,30)(H,31,32). The number of ether oxygens (including phenoxy) is 1. The molecule has 1 aromatic heterocycles. The molecule has 0 aliphatic heterocycles. The van der Waals surface area contributed by atoms with Gasteiger partial charge in [-0.15, -0.1) is 11.8 Å². The Morgan fingerprint density at radius 1 is 1.18 bits per heavy atom. The van der Waals surface area contributed by atoms with Gasteiger partial charge in [0.15, 0.2) is 6.61 Å². The lowest BCUT2D eigenvalue weighted by Crippen LogP contribution is -2.10. The number of aromatic nitrogens is 2. The highest BCUT2D eigenvalue weighted by Crippen LogP contribution is 2.44. The fraction of sp³-hybridized carbons (Fsp3) is 0.167. The van der Waals surface area contributed by atoms with Crippen LogP contribution in [0.25, 0.3) is 10.9 Å². The van der Waals surface area contributed by atoms with Gasteiger partial charge in [0, 0.05) is 10.3 Å². The lowest BCUT2D eigenvalue weighted by Gasteiger charge is -2.18. The number of nitrogens with zero attached hydrogens (tertiary/aromatic N) is 1. The average Bonchev–Trinajstić information content (AvgIpc) is 3.21. The molecule has 0 saturated carbocycles. The maximum Gasteiger partial charge on any atom is 0.416 e. The van der Waals surface area contributed by atoms with Gasteiger partial charge >= 0.3 is 12.1 Å². The van der Waals surface area contributed by atoms with Crippen molar-refractivity contribution in [3.05, 3.63) is 88.1 Å². The second kappa shape index (κ2) is 9.60. The number of benzene rings is 3. The van der Waals surface area contributed by atoms with Gasteiger partial charge in [0.2, 0.25) is 0 Å². The molecule has 10 heteroatoms. The zero-order valence-electron chi connectivity index (χ0n) is 17.7. The number of carboxylic acids is 1. The van der Waals surface area contributed by atoms with Crippen molar-refractivity contribution >= 4 is 40.2 Å². The van der Waals surface area contributed by atoms with Crippen LogP contribution >= 0.6 is 23.4 Å². The third-order valence-electron chi connectivity index (χ3n) is 5.11. The number of aliphatic carboxylic acids is 1. The highest BCUT2D eigenvalue weighted by atomic mass is 35.5. The lowest BCUT2D eigenvalue weighted by atomic mass is 10.0. The number of carboxylic acid groups (broad SMARTS) is 1. The van der Waals surface area contributed by atoms with E-state index >= 15 is 0 Å². The van der Waals surface area contributed by atoms with Crippen molar-refractivity contribution in [1.29, 1.82) is 0 Å². The fourth-order valence-electron chi connectivity index (χ4n) is 3.51. The van der Waals surface area contributed by atoms with Crippen molar-refractivity contribution in [1.82, 2.24) is 10.2 Å². The van der Waals surface area contributed by atoms with E-state index in [9.17, 15) is 18.0 Å². The van der Waals surface area contributed by atoms with E-state index in [4.69, 9.17) is 21.4 Å². The number of carbonyl (C=O) groups is 1. The van der Waals surface area contributed by atoms with E-state index in [0.29, 0.717) is 32.9 Å². The highest BCUT2D eigenvalue weighted by Gasteiger charge is 2.31. The average molecular weight is 507 g/mol. The topological polar surface area (TPSA) is 75.2 Å². The number of thioether (sulfide) groups is 1. The molecule has 0 spiro atoms. The molecule has 2 N–H and O–H groups in total. The van der Waals surface area contributed by atoms with Crippen LogP contribution in [0.1, 0.15) is 27.6 Å². The Bertz CT molecular complexity index is 1340. The van der Waals surface area contributed by atoms with Gasteiger partial charge in [0.1, 0.15) is 5.75 Å². The summed E-state index contributed by atoms with van der Waals surface area (Å²) in [7, 11) is 0. The summed E-state index contributed by atoms with van der Waals surface area (Å²) in [4.78, 5) is 11.6. The Kier molecular flexibility index (Phi) is 6.77. The smallest absolute Gasteiger partial charge is 0.416 e. The maximum absolute atomic E-state index is 13.1. The number of alkyl halides is 3. The summed E-state index contributed by atoms with van der Waals surface area (Å²) in [6.07, 6.45) is -4.44. The molecule has 0 bridgehead atoms. The first-order valence-corrected chi connectivity index (χ1v) is 11.3. The van der Waals surface area contributed by atoms with E-state index in [1.807, 2.05) is 6.07 Å². The van der Waals surface area contributed by atoms with Crippen molar-refractivity contribution in [3.63, 3.8) is 0 Å². The van der Waals surface area contributed by atoms with Crippen LogP contribution in [0.3, 0.4) is 0 Å². The van der Waals surface area contributed by atoms with Crippen molar-refractivity contribution < 1.29 is 27.8 Å². The van der Waals surface area contributed by atoms with Crippen LogP contribution in [0.5, 0.6) is 5.75 Å². The molecular weight excluding hydrogens is 489 g/mol. The molecular formula is C24H18ClF3N2O3S. The molecule has 1 unspecified atom stereocenters. The van der Waals surface area contributed by atoms with E-state index in [1.54, 1.807) is 37.3 Å². The summed E-state index contributed by atoms with van der Waals surface area (Å²) in [6.45, 7) is 1.33. The predicted molar refractivity (Wildman–Crippen MR) is 125 cm³/mol. The van der Waals surface area contributed by atoms with Crippen LogP contribution in [0.15, 0.2) is 65.6 Å². The molecule has 0 saturated heterocycles. The number of halogens is 4. The van der Waals surface area contributed by atoms with Crippen LogP contribution in [-0.4, -0.2) is 27.9 Å². The predicted octanol–water partition coefficient (Wildman–Crippen LogP) is 6.89. The minimum absolute atomic E-state index is 0.438. The fourth-order valence-corrected chi connectivity index (χ4v) is 5.03. The normalized spacial score (nSPS) is 12.6. The van der Waals surface area contributed by atoms with E-state index in [0.717, 1.165) is 22.6 Å². The third kappa shape index (κ3) is 5.15. The number of fused-ring (bicyclic) bond motifs is 1. The summed E-state index contributed by atoms with van der Waals surface area (Å²) in [5, 5.41) is 16.9. The van der Waals surface area contributed by atoms with Crippen molar-refractivity contribution in [3.8, 4) is 5.75 Å². The van der Waals surface area contributed by atoms with E-state index in [1.165, 1.54) is 23.9 Å². The Labute approximate surface area is 201 Å². The van der Waals surface area contributed by atoms with Gasteiger partial charge in [-0.25, -0.2) is 4.79 Å². The van der Waals surface area contributed by atoms with Crippen molar-refractivity contribution in [2.45, 2.75) is 23.2 Å². The van der Waals surface area contributed by atoms with Gasteiger partial charge in [-0.3, -0.25) is 5.10 Å². The van der Waals surface area contributed by atoms with Crippen LogP contribution in [0, 0.1) is 6.92 Å². The molecule has 0 radical (unpaired) electrons. The number of rotatable bonds is 7. The first-order chi connectivity index (χ1) is 16.1. The van der Waals surface area contributed by atoms with Gasteiger partial charge < -0.3 is 9.84 Å². The molecule has 1 heterocycles. The molecule has 1 atom stereocenters. The quantitative estimate of drug-likeness (QED) is 0.267. The Balaban J connectivity index is 1.74. The minimum atomic E-state index is -4.44. The number of aryl methyl sites for hydroxylation is 1. The van der Waals surface area contributed by atoms with Crippen LogP contribution in [-0.2, 0) is 11.0 Å². The zero-order chi connectivity index (χ0) is 24.5.